The molecule has 1 nitrogen and oxygen atoms in total. The maximum absolute atomic E-state index is 13.9. The second kappa shape index (κ2) is 8.11. The minimum Gasteiger partial charge on any atom is -0.459 e. The standard InChI is InChI=1S/C31H22F2O/c32-25-15-11-23(12-16-25)31(24-13-17-26(33)18-14-24)20-28(21-7-3-1-4-8-21)27-19-29(34-30(27)31)22-9-5-2-6-10-22/h1-19,28H,20H2. The first-order valence-corrected chi connectivity index (χ1v) is 11.4. The molecule has 0 spiro atoms. The number of halogens is 2. The molecule has 4 aromatic carbocycles. The van der Waals surface area contributed by atoms with Crippen LogP contribution in [0.25, 0.3) is 11.3 Å². The Morgan fingerprint density at radius 3 is 1.74 bits per heavy atom. The fraction of sp³-hybridized carbons (Fsp3) is 0.0968. The largest absolute Gasteiger partial charge is 0.459 e. The Balaban J connectivity index is 1.64. The van der Waals surface area contributed by atoms with Gasteiger partial charge in [0, 0.05) is 17.0 Å². The first-order valence-electron chi connectivity index (χ1n) is 11.4. The van der Waals surface area contributed by atoms with Gasteiger partial charge in [0.15, 0.2) is 0 Å². The summed E-state index contributed by atoms with van der Waals surface area (Å²) in [5.74, 6) is 1.12. The summed E-state index contributed by atoms with van der Waals surface area (Å²) in [6, 6.07) is 35.7. The summed E-state index contributed by atoms with van der Waals surface area (Å²) < 4.78 is 34.5. The zero-order valence-electron chi connectivity index (χ0n) is 18.4. The predicted octanol–water partition coefficient (Wildman–Crippen LogP) is 8.09. The lowest BCUT2D eigenvalue weighted by atomic mass is 9.71. The summed E-state index contributed by atoms with van der Waals surface area (Å²) in [6.07, 6.45) is 0.706. The third-order valence-electron chi connectivity index (χ3n) is 6.97. The fourth-order valence-electron chi connectivity index (χ4n) is 5.37. The third-order valence-corrected chi connectivity index (χ3v) is 6.97. The SMILES string of the molecule is Fc1ccc(C2(c3ccc(F)cc3)CC(c3ccccc3)c3cc(-c4ccccc4)oc32)cc1. The molecular weight excluding hydrogens is 426 g/mol. The topological polar surface area (TPSA) is 13.1 Å². The van der Waals surface area contributed by atoms with E-state index in [2.05, 4.69) is 18.2 Å². The van der Waals surface area contributed by atoms with Crippen LogP contribution in [0.15, 0.2) is 120 Å². The summed E-state index contributed by atoms with van der Waals surface area (Å²) in [7, 11) is 0. The lowest BCUT2D eigenvalue weighted by Crippen LogP contribution is -2.26. The minimum atomic E-state index is -0.676. The van der Waals surface area contributed by atoms with Crippen LogP contribution in [-0.4, -0.2) is 0 Å². The van der Waals surface area contributed by atoms with E-state index >= 15 is 0 Å². The van der Waals surface area contributed by atoms with Gasteiger partial charge in [-0.15, -0.1) is 0 Å². The highest BCUT2D eigenvalue weighted by molar-refractivity contribution is 5.65. The van der Waals surface area contributed by atoms with Gasteiger partial charge in [0.2, 0.25) is 0 Å². The van der Waals surface area contributed by atoms with E-state index in [1.165, 1.54) is 29.8 Å². The molecule has 1 aliphatic carbocycles. The second-order valence-electron chi connectivity index (χ2n) is 8.85. The molecular formula is C31H22F2O. The first kappa shape index (κ1) is 20.6. The molecule has 34 heavy (non-hydrogen) atoms. The molecule has 6 rings (SSSR count). The average Bonchev–Trinajstić information content (AvgIpc) is 3.45. The highest BCUT2D eigenvalue weighted by Crippen LogP contribution is 2.57. The molecule has 0 N–H and O–H groups in total. The van der Waals surface area contributed by atoms with Crippen molar-refractivity contribution in [3.8, 4) is 11.3 Å². The Kier molecular flexibility index (Phi) is 4.91. The van der Waals surface area contributed by atoms with Crippen LogP contribution in [0, 0.1) is 11.6 Å². The summed E-state index contributed by atoms with van der Waals surface area (Å²) in [4.78, 5) is 0. The minimum absolute atomic E-state index is 0.0764. The Morgan fingerprint density at radius 2 is 1.18 bits per heavy atom. The smallest absolute Gasteiger partial charge is 0.134 e. The van der Waals surface area contributed by atoms with Gasteiger partial charge in [0.1, 0.15) is 23.2 Å². The molecule has 0 aliphatic heterocycles. The maximum Gasteiger partial charge on any atom is 0.134 e. The van der Waals surface area contributed by atoms with Crippen LogP contribution in [0.3, 0.4) is 0 Å². The molecule has 0 amide bonds. The van der Waals surface area contributed by atoms with Crippen molar-refractivity contribution in [1.29, 1.82) is 0 Å². The first-order chi connectivity index (χ1) is 16.6. The number of hydrogen-bond donors (Lipinski definition) is 0. The van der Waals surface area contributed by atoms with E-state index in [4.69, 9.17) is 4.42 Å². The van der Waals surface area contributed by atoms with Crippen molar-refractivity contribution in [2.45, 2.75) is 17.8 Å². The molecule has 1 aromatic heterocycles. The molecule has 166 valence electrons. The third kappa shape index (κ3) is 3.28. The van der Waals surface area contributed by atoms with Crippen molar-refractivity contribution in [1.82, 2.24) is 0 Å². The Morgan fingerprint density at radius 1 is 0.647 bits per heavy atom. The van der Waals surface area contributed by atoms with Gasteiger partial charge in [-0.25, -0.2) is 8.78 Å². The van der Waals surface area contributed by atoms with Gasteiger partial charge >= 0.3 is 0 Å². The van der Waals surface area contributed by atoms with Crippen molar-refractivity contribution >= 4 is 0 Å². The lowest BCUT2D eigenvalue weighted by Gasteiger charge is -2.31. The molecule has 1 atom stereocenters. The van der Waals surface area contributed by atoms with Crippen molar-refractivity contribution < 1.29 is 13.2 Å². The zero-order chi connectivity index (χ0) is 23.1. The molecule has 1 aliphatic rings. The van der Waals surface area contributed by atoms with Crippen LogP contribution in [-0.2, 0) is 5.41 Å². The number of furan rings is 1. The molecule has 5 aromatic rings. The molecule has 1 unspecified atom stereocenters. The van der Waals surface area contributed by atoms with Gasteiger partial charge in [-0.3, -0.25) is 0 Å². The molecule has 0 saturated heterocycles. The van der Waals surface area contributed by atoms with Gasteiger partial charge in [-0.1, -0.05) is 84.9 Å². The van der Waals surface area contributed by atoms with Crippen LogP contribution in [0.4, 0.5) is 8.78 Å². The lowest BCUT2D eigenvalue weighted by molar-refractivity contribution is 0.437. The Hall–Kier alpha value is -3.98. The van der Waals surface area contributed by atoms with E-state index in [0.717, 1.165) is 33.8 Å². The summed E-state index contributed by atoms with van der Waals surface area (Å²) >= 11 is 0. The maximum atomic E-state index is 13.9. The van der Waals surface area contributed by atoms with Gasteiger partial charge in [0.25, 0.3) is 0 Å². The Labute approximate surface area is 197 Å². The van der Waals surface area contributed by atoms with Crippen LogP contribution in [0.5, 0.6) is 0 Å². The summed E-state index contributed by atoms with van der Waals surface area (Å²) in [6.45, 7) is 0. The van der Waals surface area contributed by atoms with Crippen LogP contribution < -0.4 is 0 Å². The number of benzene rings is 4. The summed E-state index contributed by atoms with van der Waals surface area (Å²) in [5.41, 5.74) is 4.47. The number of hydrogen-bond acceptors (Lipinski definition) is 1. The van der Waals surface area contributed by atoms with E-state index in [-0.39, 0.29) is 17.6 Å². The quantitative estimate of drug-likeness (QED) is 0.271. The number of fused-ring (bicyclic) bond motifs is 1. The highest BCUT2D eigenvalue weighted by Gasteiger charge is 2.50. The van der Waals surface area contributed by atoms with Gasteiger partial charge in [-0.05, 0) is 53.4 Å². The normalized spacial score (nSPS) is 16.4. The van der Waals surface area contributed by atoms with Gasteiger partial charge in [-0.2, -0.15) is 0 Å². The molecule has 1 heterocycles. The van der Waals surface area contributed by atoms with E-state index in [1.807, 2.05) is 72.8 Å². The van der Waals surface area contributed by atoms with Crippen LogP contribution in [0.2, 0.25) is 0 Å². The number of rotatable bonds is 4. The zero-order valence-corrected chi connectivity index (χ0v) is 18.4. The second-order valence-corrected chi connectivity index (χ2v) is 8.85. The van der Waals surface area contributed by atoms with E-state index in [9.17, 15) is 8.78 Å². The van der Waals surface area contributed by atoms with E-state index in [0.29, 0.717) is 6.42 Å². The van der Waals surface area contributed by atoms with Crippen molar-refractivity contribution in [2.75, 3.05) is 0 Å². The predicted molar refractivity (Wildman–Crippen MR) is 130 cm³/mol. The monoisotopic (exact) mass is 448 g/mol. The Bertz CT molecular complexity index is 1370. The van der Waals surface area contributed by atoms with Gasteiger partial charge in [0.05, 0.1) is 5.41 Å². The van der Waals surface area contributed by atoms with Crippen LogP contribution in [0.1, 0.15) is 40.4 Å². The fourth-order valence-corrected chi connectivity index (χ4v) is 5.37. The molecule has 3 heteroatoms. The molecule has 0 bridgehead atoms. The van der Waals surface area contributed by atoms with E-state index < -0.39 is 5.41 Å². The van der Waals surface area contributed by atoms with Crippen molar-refractivity contribution in [2.24, 2.45) is 0 Å². The average molecular weight is 449 g/mol. The molecule has 0 fully saturated rings. The van der Waals surface area contributed by atoms with Gasteiger partial charge < -0.3 is 4.42 Å². The van der Waals surface area contributed by atoms with Crippen LogP contribution >= 0.6 is 0 Å². The highest BCUT2D eigenvalue weighted by atomic mass is 19.1. The van der Waals surface area contributed by atoms with E-state index in [1.54, 1.807) is 0 Å². The van der Waals surface area contributed by atoms with Crippen molar-refractivity contribution in [3.63, 3.8) is 0 Å². The van der Waals surface area contributed by atoms with Crippen molar-refractivity contribution in [3.05, 3.63) is 155 Å². The molecule has 0 radical (unpaired) electrons. The molecule has 0 saturated carbocycles. The summed E-state index contributed by atoms with van der Waals surface area (Å²) in [5, 5.41) is 0.